The van der Waals surface area contributed by atoms with Crippen LogP contribution in [0.25, 0.3) is 0 Å². The summed E-state index contributed by atoms with van der Waals surface area (Å²) in [6.45, 7) is -0.365. The van der Waals surface area contributed by atoms with E-state index in [-0.39, 0.29) is 17.4 Å². The molecule has 0 atom stereocenters. The number of benzene rings is 1. The van der Waals surface area contributed by atoms with Crippen molar-refractivity contribution in [1.82, 2.24) is 0 Å². The summed E-state index contributed by atoms with van der Waals surface area (Å²) in [6, 6.07) is 10.4. The number of carbonyl (C=O) groups is 2. The molecule has 0 saturated heterocycles. The Morgan fingerprint density at radius 1 is 1.38 bits per heavy atom. The monoisotopic (exact) mass is 380 g/mol. The van der Waals surface area contributed by atoms with Crippen LogP contribution >= 0.6 is 34.7 Å². The highest BCUT2D eigenvalue weighted by Crippen LogP contribution is 2.20. The Morgan fingerprint density at radius 2 is 2.21 bits per heavy atom. The lowest BCUT2D eigenvalue weighted by Crippen LogP contribution is -2.21. The van der Waals surface area contributed by atoms with Crippen molar-refractivity contribution in [3.05, 3.63) is 51.2 Å². The summed E-state index contributed by atoms with van der Waals surface area (Å²) in [6.07, 6.45) is 0. The molecule has 5 nitrogen and oxygen atoms in total. The second-order valence-electron chi connectivity index (χ2n) is 4.59. The number of esters is 1. The number of rotatable bonds is 7. The second-order valence-corrected chi connectivity index (χ2v) is 7.01. The number of anilines is 1. The van der Waals surface area contributed by atoms with E-state index in [1.165, 1.54) is 28.8 Å². The highest BCUT2D eigenvalue weighted by atomic mass is 35.5. The van der Waals surface area contributed by atoms with Crippen molar-refractivity contribution in [3.63, 3.8) is 0 Å². The Hall–Kier alpha value is -2.01. The van der Waals surface area contributed by atoms with E-state index in [0.29, 0.717) is 11.3 Å². The van der Waals surface area contributed by atoms with Crippen LogP contribution in [0.3, 0.4) is 0 Å². The molecule has 1 aromatic carbocycles. The van der Waals surface area contributed by atoms with E-state index in [4.69, 9.17) is 21.6 Å². The largest absolute Gasteiger partial charge is 0.455 e. The maximum Gasteiger partial charge on any atom is 0.316 e. The minimum absolute atomic E-state index is 0.188. The van der Waals surface area contributed by atoms with Gasteiger partial charge in [0.25, 0.3) is 5.91 Å². The molecule has 0 aliphatic rings. The van der Waals surface area contributed by atoms with Crippen LogP contribution in [0.4, 0.5) is 5.69 Å². The molecular formula is C16H13ClN2O3S2. The highest BCUT2D eigenvalue weighted by Gasteiger charge is 2.09. The highest BCUT2D eigenvalue weighted by molar-refractivity contribution is 7.99. The van der Waals surface area contributed by atoms with Crippen molar-refractivity contribution in [2.45, 2.75) is 5.75 Å². The summed E-state index contributed by atoms with van der Waals surface area (Å²) in [5.74, 6) is 0.0216. The number of thioether (sulfide) groups is 1. The molecule has 1 heterocycles. The van der Waals surface area contributed by atoms with E-state index in [1.807, 2.05) is 23.6 Å². The Morgan fingerprint density at radius 3 is 2.88 bits per heavy atom. The molecule has 0 bridgehead atoms. The molecule has 124 valence electrons. The van der Waals surface area contributed by atoms with Crippen LogP contribution in [0.5, 0.6) is 0 Å². The van der Waals surface area contributed by atoms with E-state index in [0.717, 1.165) is 5.75 Å². The van der Waals surface area contributed by atoms with Crippen molar-refractivity contribution in [2.24, 2.45) is 0 Å². The van der Waals surface area contributed by atoms with Gasteiger partial charge in [-0.25, -0.2) is 0 Å². The zero-order valence-corrected chi connectivity index (χ0v) is 14.8. The molecule has 24 heavy (non-hydrogen) atoms. The lowest BCUT2D eigenvalue weighted by atomic mass is 10.2. The van der Waals surface area contributed by atoms with Crippen LogP contribution in [0.15, 0.2) is 35.7 Å². The predicted molar refractivity (Wildman–Crippen MR) is 96.2 cm³/mol. The topological polar surface area (TPSA) is 79.2 Å². The van der Waals surface area contributed by atoms with Gasteiger partial charge in [-0.2, -0.15) is 5.26 Å². The van der Waals surface area contributed by atoms with Crippen LogP contribution in [0, 0.1) is 11.3 Å². The number of carbonyl (C=O) groups excluding carboxylic acids is 2. The molecule has 0 spiro atoms. The summed E-state index contributed by atoms with van der Waals surface area (Å²) in [5.41, 5.74) is 0.760. The fraction of sp³-hybridized carbons (Fsp3) is 0.188. The van der Waals surface area contributed by atoms with Crippen LogP contribution in [0.2, 0.25) is 5.02 Å². The number of ether oxygens (including phenoxy) is 1. The standard InChI is InChI=1S/C16H13ClN2O3S2/c17-14-6-12(4-3-11(14)7-18)19-15(20)8-22-16(21)10-23-9-13-2-1-5-24-13/h1-6H,8-10H2,(H,19,20). The van der Waals surface area contributed by atoms with Crippen molar-refractivity contribution in [2.75, 3.05) is 17.7 Å². The minimum atomic E-state index is -0.465. The number of amides is 1. The quantitative estimate of drug-likeness (QED) is 0.741. The van der Waals surface area contributed by atoms with Gasteiger partial charge in [-0.15, -0.1) is 23.1 Å². The van der Waals surface area contributed by atoms with Crippen LogP contribution in [-0.4, -0.2) is 24.2 Å². The minimum Gasteiger partial charge on any atom is -0.455 e. The molecular weight excluding hydrogens is 368 g/mol. The average Bonchev–Trinajstić information content (AvgIpc) is 3.06. The van der Waals surface area contributed by atoms with E-state index >= 15 is 0 Å². The first-order valence-electron chi connectivity index (χ1n) is 6.83. The van der Waals surface area contributed by atoms with Crippen molar-refractivity contribution < 1.29 is 14.3 Å². The van der Waals surface area contributed by atoms with Gasteiger partial charge in [0.1, 0.15) is 6.07 Å². The number of halogens is 1. The number of nitrogens with zero attached hydrogens (tertiary/aromatic N) is 1. The van der Waals surface area contributed by atoms with Crippen molar-refractivity contribution in [3.8, 4) is 6.07 Å². The fourth-order valence-electron chi connectivity index (χ4n) is 1.70. The lowest BCUT2D eigenvalue weighted by Gasteiger charge is -2.07. The first kappa shape index (κ1) is 18.3. The molecule has 0 radical (unpaired) electrons. The third kappa shape index (κ3) is 5.89. The van der Waals surface area contributed by atoms with Gasteiger partial charge in [-0.3, -0.25) is 9.59 Å². The normalized spacial score (nSPS) is 10.0. The Labute approximate surface area is 152 Å². The van der Waals surface area contributed by atoms with Crippen LogP contribution in [0.1, 0.15) is 10.4 Å². The molecule has 1 N–H and O–H groups in total. The van der Waals surface area contributed by atoms with Gasteiger partial charge in [0, 0.05) is 16.3 Å². The Kier molecular flexibility index (Phi) is 7.12. The number of nitriles is 1. The average molecular weight is 381 g/mol. The number of nitrogens with one attached hydrogen (secondary N) is 1. The summed E-state index contributed by atoms with van der Waals surface area (Å²) in [4.78, 5) is 24.5. The third-order valence-corrected chi connectivity index (χ3v) is 5.11. The SMILES string of the molecule is N#Cc1ccc(NC(=O)COC(=O)CSCc2cccs2)cc1Cl. The number of thiophene rings is 1. The predicted octanol–water partition coefficient (Wildman–Crippen LogP) is 3.69. The number of hydrogen-bond donors (Lipinski definition) is 1. The second kappa shape index (κ2) is 9.33. The molecule has 0 saturated carbocycles. The fourth-order valence-corrected chi connectivity index (χ4v) is 3.58. The molecule has 1 amide bonds. The van der Waals surface area contributed by atoms with Gasteiger partial charge in [-0.1, -0.05) is 17.7 Å². The van der Waals surface area contributed by atoms with E-state index in [2.05, 4.69) is 5.32 Å². The Bertz CT molecular complexity index is 757. The smallest absolute Gasteiger partial charge is 0.316 e. The molecule has 0 aliphatic carbocycles. The summed E-state index contributed by atoms with van der Waals surface area (Å²) >= 11 is 8.95. The Balaban J connectivity index is 1.69. The molecule has 2 aromatic rings. The summed E-state index contributed by atoms with van der Waals surface area (Å²) < 4.78 is 4.92. The number of hydrogen-bond acceptors (Lipinski definition) is 6. The van der Waals surface area contributed by atoms with Crippen molar-refractivity contribution >= 4 is 52.3 Å². The molecule has 8 heteroatoms. The molecule has 2 rings (SSSR count). The van der Waals surface area contributed by atoms with Gasteiger partial charge in [0.2, 0.25) is 0 Å². The van der Waals surface area contributed by atoms with Crippen LogP contribution < -0.4 is 5.32 Å². The zero-order valence-electron chi connectivity index (χ0n) is 12.5. The summed E-state index contributed by atoms with van der Waals surface area (Å²) in [7, 11) is 0. The maximum absolute atomic E-state index is 11.7. The van der Waals surface area contributed by atoms with Gasteiger partial charge in [0.15, 0.2) is 6.61 Å². The summed E-state index contributed by atoms with van der Waals surface area (Å²) in [5, 5.41) is 13.6. The first-order valence-corrected chi connectivity index (χ1v) is 9.25. The van der Waals surface area contributed by atoms with Gasteiger partial charge in [-0.05, 0) is 29.6 Å². The van der Waals surface area contributed by atoms with E-state index in [1.54, 1.807) is 17.4 Å². The maximum atomic E-state index is 11.7. The van der Waals surface area contributed by atoms with Crippen molar-refractivity contribution in [1.29, 1.82) is 5.26 Å². The van der Waals surface area contributed by atoms with Crippen LogP contribution in [-0.2, 0) is 20.1 Å². The van der Waals surface area contributed by atoms with E-state index in [9.17, 15) is 9.59 Å². The lowest BCUT2D eigenvalue weighted by molar-refractivity contribution is -0.144. The first-order chi connectivity index (χ1) is 11.6. The molecule has 0 aliphatic heterocycles. The molecule has 0 fully saturated rings. The van der Waals surface area contributed by atoms with Gasteiger partial charge < -0.3 is 10.1 Å². The molecule has 1 aromatic heterocycles. The zero-order chi connectivity index (χ0) is 17.4. The molecule has 0 unspecified atom stereocenters. The van der Waals surface area contributed by atoms with Gasteiger partial charge >= 0.3 is 5.97 Å². The third-order valence-electron chi connectivity index (χ3n) is 2.78. The van der Waals surface area contributed by atoms with Gasteiger partial charge in [0.05, 0.1) is 16.3 Å². The van der Waals surface area contributed by atoms with E-state index < -0.39 is 11.9 Å².